The average Bonchev–Trinajstić information content (AvgIpc) is 2.40. The first-order valence-electron chi connectivity index (χ1n) is 5.59. The third kappa shape index (κ3) is 2.98. The van der Waals surface area contributed by atoms with Crippen molar-refractivity contribution in [2.75, 3.05) is 24.4 Å². The van der Waals surface area contributed by atoms with Gasteiger partial charge in [-0.15, -0.1) is 11.6 Å². The van der Waals surface area contributed by atoms with Crippen molar-refractivity contribution in [2.24, 2.45) is 0 Å². The normalized spacial score (nSPS) is 10.2. The van der Waals surface area contributed by atoms with Crippen LogP contribution in [-0.2, 0) is 0 Å². The summed E-state index contributed by atoms with van der Waals surface area (Å²) in [7, 11) is 2.05. The molecule has 2 rings (SSSR count). The summed E-state index contributed by atoms with van der Waals surface area (Å²) in [5, 5.41) is 0. The van der Waals surface area contributed by atoms with Crippen molar-refractivity contribution in [3.8, 4) is 11.1 Å². The Labute approximate surface area is 107 Å². The van der Waals surface area contributed by atoms with Crippen molar-refractivity contribution in [3.63, 3.8) is 0 Å². The maximum absolute atomic E-state index is 5.72. The fraction of sp³-hybridized carbons (Fsp3) is 0.214. The molecule has 2 nitrogen and oxygen atoms in total. The molecule has 0 N–H and O–H groups in total. The van der Waals surface area contributed by atoms with Crippen LogP contribution in [-0.4, -0.2) is 24.5 Å². The molecule has 0 unspecified atom stereocenters. The second-order valence-electron chi connectivity index (χ2n) is 3.89. The van der Waals surface area contributed by atoms with Crippen LogP contribution in [0.15, 0.2) is 48.8 Å². The highest BCUT2D eigenvalue weighted by Gasteiger charge is 2.01. The zero-order valence-corrected chi connectivity index (χ0v) is 10.6. The molecule has 2 aromatic rings. The van der Waals surface area contributed by atoms with Gasteiger partial charge in [0.05, 0.1) is 0 Å². The maximum Gasteiger partial charge on any atom is 0.0399 e. The average molecular weight is 247 g/mol. The highest BCUT2D eigenvalue weighted by Crippen LogP contribution is 2.21. The van der Waals surface area contributed by atoms with Gasteiger partial charge < -0.3 is 4.90 Å². The van der Waals surface area contributed by atoms with E-state index in [0.717, 1.165) is 6.54 Å². The van der Waals surface area contributed by atoms with E-state index >= 15 is 0 Å². The lowest BCUT2D eigenvalue weighted by molar-refractivity contribution is 0.974. The molecule has 1 aromatic heterocycles. The van der Waals surface area contributed by atoms with Gasteiger partial charge in [-0.05, 0) is 35.4 Å². The fourth-order valence-corrected chi connectivity index (χ4v) is 1.96. The topological polar surface area (TPSA) is 16.1 Å². The van der Waals surface area contributed by atoms with Crippen molar-refractivity contribution in [3.05, 3.63) is 48.8 Å². The van der Waals surface area contributed by atoms with Gasteiger partial charge in [0, 0.05) is 37.6 Å². The standard InChI is InChI=1S/C14H15ClN2/c1-17(11-8-15)14-4-2-12(3-5-14)13-6-9-16-10-7-13/h2-7,9-10H,8,11H2,1H3. The minimum atomic E-state index is 0.641. The Bertz CT molecular complexity index is 453. The molecule has 0 atom stereocenters. The second-order valence-corrected chi connectivity index (χ2v) is 4.27. The van der Waals surface area contributed by atoms with Crippen LogP contribution in [0.3, 0.4) is 0 Å². The van der Waals surface area contributed by atoms with Crippen LogP contribution in [0.25, 0.3) is 11.1 Å². The number of aromatic nitrogens is 1. The number of pyridine rings is 1. The Morgan fingerprint density at radius 1 is 1.00 bits per heavy atom. The first-order valence-corrected chi connectivity index (χ1v) is 6.12. The maximum atomic E-state index is 5.72. The number of alkyl halides is 1. The lowest BCUT2D eigenvalue weighted by Gasteiger charge is -2.18. The van der Waals surface area contributed by atoms with Crippen LogP contribution >= 0.6 is 11.6 Å². The Morgan fingerprint density at radius 3 is 2.18 bits per heavy atom. The van der Waals surface area contributed by atoms with E-state index in [0.29, 0.717) is 5.88 Å². The number of hydrogen-bond acceptors (Lipinski definition) is 2. The Kier molecular flexibility index (Phi) is 3.99. The van der Waals surface area contributed by atoms with Crippen LogP contribution in [0.2, 0.25) is 0 Å². The second kappa shape index (κ2) is 5.69. The zero-order chi connectivity index (χ0) is 12.1. The van der Waals surface area contributed by atoms with Gasteiger partial charge in [0.15, 0.2) is 0 Å². The number of nitrogens with zero attached hydrogens (tertiary/aromatic N) is 2. The summed E-state index contributed by atoms with van der Waals surface area (Å²) < 4.78 is 0. The van der Waals surface area contributed by atoms with Gasteiger partial charge in [0.2, 0.25) is 0 Å². The highest BCUT2D eigenvalue weighted by atomic mass is 35.5. The van der Waals surface area contributed by atoms with E-state index in [2.05, 4.69) is 34.1 Å². The fourth-order valence-electron chi connectivity index (χ4n) is 1.71. The molecule has 0 aliphatic rings. The van der Waals surface area contributed by atoms with E-state index < -0.39 is 0 Å². The molecule has 0 aliphatic heterocycles. The molecule has 0 radical (unpaired) electrons. The van der Waals surface area contributed by atoms with Crippen molar-refractivity contribution in [2.45, 2.75) is 0 Å². The van der Waals surface area contributed by atoms with E-state index in [1.54, 1.807) is 0 Å². The molecule has 0 aliphatic carbocycles. The summed E-state index contributed by atoms with van der Waals surface area (Å²) in [5.74, 6) is 0.641. The van der Waals surface area contributed by atoms with Crippen LogP contribution in [0, 0.1) is 0 Å². The highest BCUT2D eigenvalue weighted by molar-refractivity contribution is 6.18. The van der Waals surface area contributed by atoms with Gasteiger partial charge in [-0.2, -0.15) is 0 Å². The van der Waals surface area contributed by atoms with Crippen molar-refractivity contribution in [1.29, 1.82) is 0 Å². The molecule has 17 heavy (non-hydrogen) atoms. The van der Waals surface area contributed by atoms with E-state index in [-0.39, 0.29) is 0 Å². The molecule has 1 heterocycles. The summed E-state index contributed by atoms with van der Waals surface area (Å²) in [6, 6.07) is 12.5. The number of halogens is 1. The Balaban J connectivity index is 2.19. The Morgan fingerprint density at radius 2 is 1.59 bits per heavy atom. The summed E-state index contributed by atoms with van der Waals surface area (Å²) in [4.78, 5) is 6.16. The number of benzene rings is 1. The van der Waals surface area contributed by atoms with Gasteiger partial charge in [-0.25, -0.2) is 0 Å². The molecule has 0 saturated carbocycles. The minimum Gasteiger partial charge on any atom is -0.373 e. The first-order chi connectivity index (χ1) is 8.31. The van der Waals surface area contributed by atoms with E-state index in [1.165, 1.54) is 16.8 Å². The van der Waals surface area contributed by atoms with Gasteiger partial charge in [0.1, 0.15) is 0 Å². The largest absolute Gasteiger partial charge is 0.373 e. The third-order valence-corrected chi connectivity index (χ3v) is 2.91. The summed E-state index contributed by atoms with van der Waals surface area (Å²) in [5.41, 5.74) is 3.57. The molecule has 0 bridgehead atoms. The zero-order valence-electron chi connectivity index (χ0n) is 9.81. The van der Waals surface area contributed by atoms with Crippen LogP contribution < -0.4 is 4.90 Å². The van der Waals surface area contributed by atoms with Crippen LogP contribution in [0.4, 0.5) is 5.69 Å². The molecule has 0 spiro atoms. The van der Waals surface area contributed by atoms with E-state index in [9.17, 15) is 0 Å². The molecule has 0 fully saturated rings. The monoisotopic (exact) mass is 246 g/mol. The predicted octanol–water partition coefficient (Wildman–Crippen LogP) is 3.42. The summed E-state index contributed by atoms with van der Waals surface area (Å²) in [6.07, 6.45) is 3.62. The smallest absolute Gasteiger partial charge is 0.0399 e. The Hall–Kier alpha value is -1.54. The van der Waals surface area contributed by atoms with Crippen LogP contribution in [0.5, 0.6) is 0 Å². The van der Waals surface area contributed by atoms with E-state index in [1.807, 2.05) is 31.6 Å². The quantitative estimate of drug-likeness (QED) is 0.769. The molecular weight excluding hydrogens is 232 g/mol. The SMILES string of the molecule is CN(CCCl)c1ccc(-c2ccncc2)cc1. The van der Waals surface area contributed by atoms with Crippen LogP contribution in [0.1, 0.15) is 0 Å². The predicted molar refractivity (Wildman–Crippen MR) is 73.7 cm³/mol. The lowest BCUT2D eigenvalue weighted by Crippen LogP contribution is -2.19. The number of rotatable bonds is 4. The van der Waals surface area contributed by atoms with Crippen molar-refractivity contribution < 1.29 is 0 Å². The van der Waals surface area contributed by atoms with Crippen molar-refractivity contribution in [1.82, 2.24) is 4.98 Å². The van der Waals surface area contributed by atoms with Gasteiger partial charge in [0.25, 0.3) is 0 Å². The first kappa shape index (κ1) is 11.9. The van der Waals surface area contributed by atoms with Gasteiger partial charge in [-0.3, -0.25) is 4.98 Å². The van der Waals surface area contributed by atoms with Gasteiger partial charge in [-0.1, -0.05) is 12.1 Å². The molecule has 1 aromatic carbocycles. The summed E-state index contributed by atoms with van der Waals surface area (Å²) in [6.45, 7) is 0.857. The van der Waals surface area contributed by atoms with Crippen molar-refractivity contribution >= 4 is 17.3 Å². The molecule has 0 amide bonds. The molecular formula is C14H15ClN2. The third-order valence-electron chi connectivity index (χ3n) is 2.74. The molecule has 3 heteroatoms. The summed E-state index contributed by atoms with van der Waals surface area (Å²) >= 11 is 5.72. The van der Waals surface area contributed by atoms with E-state index in [4.69, 9.17) is 11.6 Å². The molecule has 88 valence electrons. The number of anilines is 1. The lowest BCUT2D eigenvalue weighted by atomic mass is 10.1. The number of hydrogen-bond donors (Lipinski definition) is 0. The van der Waals surface area contributed by atoms with Gasteiger partial charge >= 0.3 is 0 Å². The molecule has 0 saturated heterocycles. The minimum absolute atomic E-state index is 0.641.